The summed E-state index contributed by atoms with van der Waals surface area (Å²) in [4.78, 5) is 11.1. The van der Waals surface area contributed by atoms with Gasteiger partial charge in [0.2, 0.25) is 0 Å². The summed E-state index contributed by atoms with van der Waals surface area (Å²) in [5.74, 6) is -0.323. The van der Waals surface area contributed by atoms with E-state index in [9.17, 15) is 4.79 Å². The third kappa shape index (κ3) is 4.35. The van der Waals surface area contributed by atoms with Crippen molar-refractivity contribution in [1.29, 1.82) is 5.41 Å². The molecule has 14 heavy (non-hydrogen) atoms. The van der Waals surface area contributed by atoms with Crippen LogP contribution in [-0.4, -0.2) is 22.6 Å². The van der Waals surface area contributed by atoms with Gasteiger partial charge < -0.3 is 5.32 Å². The van der Waals surface area contributed by atoms with Crippen molar-refractivity contribution in [3.63, 3.8) is 0 Å². The van der Waals surface area contributed by atoms with Gasteiger partial charge in [-0.05, 0) is 20.1 Å². The molecule has 2 N–H and O–H groups in total. The number of hydrogen-bond donors (Lipinski definition) is 2. The molecule has 0 aromatic carbocycles. The van der Waals surface area contributed by atoms with Crippen LogP contribution < -0.4 is 5.32 Å². The Bertz CT molecular complexity index is 263. The van der Waals surface area contributed by atoms with Crippen LogP contribution in [0.4, 0.5) is 0 Å². The number of thioether (sulfide) groups is 1. The highest BCUT2D eigenvalue weighted by Crippen LogP contribution is 2.14. The number of hydrogen-bond acceptors (Lipinski definition) is 4. The predicted octanol–water partition coefficient (Wildman–Crippen LogP) is 2.54. The molecule has 0 radical (unpaired) electrons. The van der Waals surface area contributed by atoms with Gasteiger partial charge in [0, 0.05) is 0 Å². The first-order valence-corrected chi connectivity index (χ1v) is 5.89. The highest BCUT2D eigenvalue weighted by Gasteiger charge is 2.15. The molecule has 0 fully saturated rings. The second-order valence-electron chi connectivity index (χ2n) is 2.58. The molecule has 0 aromatic rings. The van der Waals surface area contributed by atoms with Crippen LogP contribution in [0, 0.1) is 5.41 Å². The van der Waals surface area contributed by atoms with Gasteiger partial charge in [0.05, 0.1) is 10.9 Å². The van der Waals surface area contributed by atoms with E-state index in [1.54, 1.807) is 0 Å². The Morgan fingerprint density at radius 1 is 1.50 bits per heavy atom. The monoisotopic (exact) mass is 254 g/mol. The number of rotatable bonds is 5. The van der Waals surface area contributed by atoms with Crippen molar-refractivity contribution in [2.75, 3.05) is 6.26 Å². The summed E-state index contributed by atoms with van der Waals surface area (Å²) in [6.45, 7) is 3.21. The molecule has 0 aliphatic rings. The molecule has 0 aromatic heterocycles. The molecule has 0 amide bonds. The molecule has 80 valence electrons. The molecule has 0 saturated heterocycles. The van der Waals surface area contributed by atoms with E-state index in [1.165, 1.54) is 18.7 Å². The molecule has 0 aliphatic carbocycles. The Kier molecular flexibility index (Phi) is 6.24. The second kappa shape index (κ2) is 6.32. The summed E-state index contributed by atoms with van der Waals surface area (Å²) in [6, 6.07) is 0. The highest BCUT2D eigenvalue weighted by atomic mass is 35.5. The maximum atomic E-state index is 11.1. The number of nitrogens with one attached hydrogen (secondary N) is 2. The van der Waals surface area contributed by atoms with Gasteiger partial charge in [-0.15, -0.1) is 11.8 Å². The van der Waals surface area contributed by atoms with E-state index in [2.05, 4.69) is 5.32 Å². The summed E-state index contributed by atoms with van der Waals surface area (Å²) in [5.41, 5.74) is 0.0224. The lowest BCUT2D eigenvalue weighted by Crippen LogP contribution is -2.23. The first-order chi connectivity index (χ1) is 6.40. The SMILES string of the molecule is CSC(C)NC(Cl)=C(C(=N)Cl)C(C)=O. The first kappa shape index (κ1) is 13.8. The summed E-state index contributed by atoms with van der Waals surface area (Å²) in [7, 11) is 0. The average Bonchev–Trinajstić information content (AvgIpc) is 2.02. The zero-order valence-corrected chi connectivity index (χ0v) is 10.5. The van der Waals surface area contributed by atoms with Crippen LogP contribution in [0.2, 0.25) is 0 Å². The summed E-state index contributed by atoms with van der Waals surface area (Å²) < 4.78 is 0. The maximum Gasteiger partial charge on any atom is 0.165 e. The Morgan fingerprint density at radius 2 is 2.00 bits per heavy atom. The minimum Gasteiger partial charge on any atom is -0.364 e. The van der Waals surface area contributed by atoms with Gasteiger partial charge in [-0.25, -0.2) is 0 Å². The van der Waals surface area contributed by atoms with Gasteiger partial charge in [0.25, 0.3) is 0 Å². The highest BCUT2D eigenvalue weighted by molar-refractivity contribution is 7.99. The van der Waals surface area contributed by atoms with Gasteiger partial charge >= 0.3 is 0 Å². The van der Waals surface area contributed by atoms with Gasteiger partial charge in [-0.1, -0.05) is 23.2 Å². The maximum absolute atomic E-state index is 11.1. The van der Waals surface area contributed by atoms with E-state index in [0.717, 1.165) is 0 Å². The summed E-state index contributed by atoms with van der Waals surface area (Å²) in [5, 5.41) is 9.87. The molecule has 0 spiro atoms. The van der Waals surface area contributed by atoms with Gasteiger partial charge in [-0.3, -0.25) is 10.2 Å². The van der Waals surface area contributed by atoms with Crippen LogP contribution in [-0.2, 0) is 4.79 Å². The van der Waals surface area contributed by atoms with Gasteiger partial charge in [0.1, 0.15) is 10.3 Å². The van der Waals surface area contributed by atoms with Crippen LogP contribution in [0.15, 0.2) is 10.7 Å². The lowest BCUT2D eigenvalue weighted by molar-refractivity contribution is -0.113. The predicted molar refractivity (Wildman–Crippen MR) is 63.3 cm³/mol. The van der Waals surface area contributed by atoms with Crippen molar-refractivity contribution in [2.24, 2.45) is 0 Å². The number of Topliss-reactive ketones (excluding diaryl/α,β-unsaturated/α-hetero) is 1. The van der Waals surface area contributed by atoms with Crippen LogP contribution in [0.5, 0.6) is 0 Å². The minimum atomic E-state index is -0.344. The average molecular weight is 255 g/mol. The minimum absolute atomic E-state index is 0.0224. The molecule has 1 atom stereocenters. The number of allylic oxidation sites excluding steroid dienone is 1. The second-order valence-corrected chi connectivity index (χ2v) is 4.52. The first-order valence-electron chi connectivity index (χ1n) is 3.84. The Balaban J connectivity index is 4.82. The van der Waals surface area contributed by atoms with Crippen molar-refractivity contribution in [3.8, 4) is 0 Å². The largest absolute Gasteiger partial charge is 0.364 e. The normalized spacial score (nSPS) is 14.4. The van der Waals surface area contributed by atoms with Crippen LogP contribution in [0.3, 0.4) is 0 Å². The topological polar surface area (TPSA) is 53.0 Å². The van der Waals surface area contributed by atoms with Gasteiger partial charge in [0.15, 0.2) is 5.78 Å². The van der Waals surface area contributed by atoms with E-state index in [-0.39, 0.29) is 27.1 Å². The van der Waals surface area contributed by atoms with Crippen molar-refractivity contribution in [1.82, 2.24) is 5.32 Å². The molecular weight excluding hydrogens is 243 g/mol. The zero-order chi connectivity index (χ0) is 11.3. The third-order valence-electron chi connectivity index (χ3n) is 1.47. The number of carbonyl (C=O) groups is 1. The lowest BCUT2D eigenvalue weighted by atomic mass is 10.2. The molecular formula is C8H12Cl2N2OS. The van der Waals surface area contributed by atoms with E-state index in [1.807, 2.05) is 13.2 Å². The van der Waals surface area contributed by atoms with Crippen LogP contribution in [0.25, 0.3) is 0 Å². The summed E-state index contributed by atoms with van der Waals surface area (Å²) in [6.07, 6.45) is 1.90. The van der Waals surface area contributed by atoms with Gasteiger partial charge in [-0.2, -0.15) is 0 Å². The third-order valence-corrected chi connectivity index (χ3v) is 2.79. The molecule has 0 aliphatic heterocycles. The van der Waals surface area contributed by atoms with E-state index < -0.39 is 0 Å². The van der Waals surface area contributed by atoms with Crippen molar-refractivity contribution in [3.05, 3.63) is 10.7 Å². The summed E-state index contributed by atoms with van der Waals surface area (Å²) >= 11 is 12.8. The molecule has 6 heteroatoms. The lowest BCUT2D eigenvalue weighted by Gasteiger charge is -2.13. The van der Waals surface area contributed by atoms with Crippen LogP contribution in [0.1, 0.15) is 13.8 Å². The Morgan fingerprint density at radius 3 is 2.29 bits per heavy atom. The number of carbonyl (C=O) groups excluding carboxylic acids is 1. The zero-order valence-electron chi connectivity index (χ0n) is 8.15. The quantitative estimate of drug-likeness (QED) is 0.343. The van der Waals surface area contributed by atoms with E-state index in [4.69, 9.17) is 28.6 Å². The van der Waals surface area contributed by atoms with Crippen molar-refractivity contribution >= 4 is 45.9 Å². The van der Waals surface area contributed by atoms with Crippen molar-refractivity contribution < 1.29 is 4.79 Å². The van der Waals surface area contributed by atoms with Crippen molar-refractivity contribution in [2.45, 2.75) is 19.2 Å². The fourth-order valence-electron chi connectivity index (χ4n) is 0.715. The number of halogens is 2. The Labute approximate surface area is 97.7 Å². The van der Waals surface area contributed by atoms with Crippen LogP contribution >= 0.6 is 35.0 Å². The molecule has 3 nitrogen and oxygen atoms in total. The molecule has 0 rings (SSSR count). The molecule has 0 heterocycles. The van der Waals surface area contributed by atoms with E-state index >= 15 is 0 Å². The molecule has 1 unspecified atom stereocenters. The van der Waals surface area contributed by atoms with E-state index in [0.29, 0.717) is 0 Å². The molecule has 0 bridgehead atoms. The fourth-order valence-corrected chi connectivity index (χ4v) is 1.68. The number of ketones is 1. The Hall–Kier alpha value is -0.190. The standard InChI is InChI=1S/C8H12Cl2N2OS/c1-4(13)6(7(9)11)8(10)12-5(2)14-3/h5,11-12H,1-3H3. The molecule has 0 saturated carbocycles. The smallest absolute Gasteiger partial charge is 0.165 e. The fraction of sp³-hybridized carbons (Fsp3) is 0.500.